The van der Waals surface area contributed by atoms with Crippen LogP contribution in [0.15, 0.2) is 47.3 Å². The number of halogens is 1. The second kappa shape index (κ2) is 8.44. The number of nitrogen functional groups attached to an aromatic ring is 1. The first-order valence-corrected chi connectivity index (χ1v) is 12.6. The Balaban J connectivity index is 1.33. The molecule has 4 heterocycles. The maximum absolute atomic E-state index is 13.7. The lowest BCUT2D eigenvalue weighted by atomic mass is 10.1. The molecule has 10 nitrogen and oxygen atoms in total. The quantitative estimate of drug-likeness (QED) is 0.367. The van der Waals surface area contributed by atoms with E-state index in [0.717, 1.165) is 28.4 Å². The molecule has 2 amide bonds. The van der Waals surface area contributed by atoms with Gasteiger partial charge < -0.3 is 25.4 Å². The molecule has 3 atom stereocenters. The van der Waals surface area contributed by atoms with Crippen LogP contribution in [0.2, 0.25) is 0 Å². The topological polar surface area (TPSA) is 122 Å². The zero-order valence-corrected chi connectivity index (χ0v) is 21.4. The third-order valence-corrected chi connectivity index (χ3v) is 7.57. The third kappa shape index (κ3) is 3.74. The van der Waals surface area contributed by atoms with Crippen molar-refractivity contribution in [1.82, 2.24) is 24.4 Å². The second-order valence-corrected chi connectivity index (χ2v) is 10.4. The normalized spacial score (nSPS) is 20.5. The van der Waals surface area contributed by atoms with Gasteiger partial charge in [0.1, 0.15) is 40.8 Å². The molecule has 11 heteroatoms. The number of anilines is 3. The molecule has 1 aromatic carbocycles. The van der Waals surface area contributed by atoms with Crippen LogP contribution in [-0.2, 0) is 16.1 Å². The van der Waals surface area contributed by atoms with E-state index in [4.69, 9.17) is 5.73 Å². The minimum Gasteiger partial charge on any atom is -0.383 e. The maximum Gasteiger partial charge on any atom is 0.248 e. The Hall–Kier alpha value is -3.73. The number of carbonyl (C=O) groups excluding carboxylic acids is 2. The summed E-state index contributed by atoms with van der Waals surface area (Å²) in [5, 5.41) is 4.49. The van der Waals surface area contributed by atoms with Gasteiger partial charge >= 0.3 is 0 Å². The molecule has 1 saturated carbocycles. The van der Waals surface area contributed by atoms with E-state index in [1.165, 1.54) is 6.33 Å². The monoisotopic (exact) mass is 548 g/mol. The number of pyridine rings is 1. The molecule has 0 unspecified atom stereocenters. The highest BCUT2D eigenvalue weighted by Gasteiger charge is 2.56. The molecule has 184 valence electrons. The van der Waals surface area contributed by atoms with E-state index in [0.29, 0.717) is 34.2 Å². The third-order valence-electron chi connectivity index (χ3n) is 7.12. The average Bonchev–Trinajstić information content (AvgIpc) is 3.39. The maximum atomic E-state index is 13.7. The molecule has 1 saturated heterocycles. The van der Waals surface area contributed by atoms with Gasteiger partial charge in [-0.1, -0.05) is 6.07 Å². The minimum absolute atomic E-state index is 0.0555. The summed E-state index contributed by atoms with van der Waals surface area (Å²) in [6.07, 6.45) is 3.00. The summed E-state index contributed by atoms with van der Waals surface area (Å²) in [7, 11) is 3.94. The van der Waals surface area contributed by atoms with Crippen molar-refractivity contribution in [1.29, 1.82) is 0 Å². The highest BCUT2D eigenvalue weighted by molar-refractivity contribution is 9.10. The van der Waals surface area contributed by atoms with Gasteiger partial charge in [-0.2, -0.15) is 0 Å². The molecule has 3 N–H and O–H groups in total. The molecule has 2 fully saturated rings. The Morgan fingerprint density at radius 3 is 2.81 bits per heavy atom. The van der Waals surface area contributed by atoms with Crippen molar-refractivity contribution in [2.24, 2.45) is 5.92 Å². The Bertz CT molecular complexity index is 1530. The summed E-state index contributed by atoms with van der Waals surface area (Å²) < 4.78 is 2.51. The van der Waals surface area contributed by atoms with Crippen LogP contribution in [0.25, 0.3) is 21.9 Å². The van der Waals surface area contributed by atoms with Gasteiger partial charge in [-0.05, 0) is 65.0 Å². The summed E-state index contributed by atoms with van der Waals surface area (Å²) in [5.41, 5.74) is 8.72. The lowest BCUT2D eigenvalue weighted by Crippen LogP contribution is -2.46. The van der Waals surface area contributed by atoms with Crippen LogP contribution in [0.4, 0.5) is 17.3 Å². The predicted molar refractivity (Wildman–Crippen MR) is 141 cm³/mol. The Morgan fingerprint density at radius 2 is 2.03 bits per heavy atom. The molecule has 0 radical (unpaired) electrons. The van der Waals surface area contributed by atoms with Gasteiger partial charge in [0.05, 0.1) is 10.9 Å². The second-order valence-electron chi connectivity index (χ2n) is 9.59. The number of fused-ring (bicyclic) bond motifs is 4. The van der Waals surface area contributed by atoms with Gasteiger partial charge in [0, 0.05) is 31.2 Å². The number of rotatable bonds is 5. The molecule has 3 aromatic heterocycles. The molecule has 1 aliphatic carbocycles. The van der Waals surface area contributed by atoms with Gasteiger partial charge in [0.15, 0.2) is 0 Å². The molecule has 1 aliphatic heterocycles. The summed E-state index contributed by atoms with van der Waals surface area (Å²) in [4.78, 5) is 43.6. The first-order valence-electron chi connectivity index (χ1n) is 11.8. The zero-order chi connectivity index (χ0) is 25.1. The number of piperidine rings is 1. The molecule has 2 aliphatic rings. The van der Waals surface area contributed by atoms with Crippen molar-refractivity contribution in [2.75, 3.05) is 30.0 Å². The number of likely N-dealkylation sites (tertiary alicyclic amines) is 1. The van der Waals surface area contributed by atoms with Crippen LogP contribution < -0.4 is 16.0 Å². The fraction of sp³-hybridized carbons (Fsp3) is 0.320. The Labute approximate surface area is 215 Å². The summed E-state index contributed by atoms with van der Waals surface area (Å²) in [6.45, 7) is 0.0555. The van der Waals surface area contributed by atoms with Gasteiger partial charge in [0.25, 0.3) is 0 Å². The first-order chi connectivity index (χ1) is 17.3. The van der Waals surface area contributed by atoms with E-state index in [1.807, 2.05) is 41.8 Å². The van der Waals surface area contributed by atoms with Crippen LogP contribution in [0.1, 0.15) is 12.8 Å². The number of nitrogens with two attached hydrogens (primary N) is 1. The molecule has 0 bridgehead atoms. The number of hydrogen-bond donors (Lipinski definition) is 2. The summed E-state index contributed by atoms with van der Waals surface area (Å²) in [6, 6.07) is 10.9. The van der Waals surface area contributed by atoms with E-state index in [9.17, 15) is 9.59 Å². The average molecular weight is 549 g/mol. The largest absolute Gasteiger partial charge is 0.383 e. The van der Waals surface area contributed by atoms with Gasteiger partial charge in [-0.3, -0.25) is 9.59 Å². The summed E-state index contributed by atoms with van der Waals surface area (Å²) in [5.74, 6) is 0.849. The fourth-order valence-corrected chi connectivity index (χ4v) is 5.66. The van der Waals surface area contributed by atoms with Crippen molar-refractivity contribution < 1.29 is 9.59 Å². The van der Waals surface area contributed by atoms with E-state index >= 15 is 0 Å². The first kappa shape index (κ1) is 22.7. The number of nitrogens with one attached hydrogen (secondary N) is 1. The highest BCUT2D eigenvalue weighted by atomic mass is 79.9. The van der Waals surface area contributed by atoms with Gasteiger partial charge in [-0.25, -0.2) is 15.0 Å². The van der Waals surface area contributed by atoms with Crippen molar-refractivity contribution >= 4 is 67.0 Å². The molecule has 6 rings (SSSR count). The lowest BCUT2D eigenvalue weighted by molar-refractivity contribution is -0.138. The Morgan fingerprint density at radius 1 is 1.19 bits per heavy atom. The predicted octanol–water partition coefficient (Wildman–Crippen LogP) is 3.02. The van der Waals surface area contributed by atoms with Crippen LogP contribution in [0.5, 0.6) is 0 Å². The highest BCUT2D eigenvalue weighted by Crippen LogP contribution is 2.48. The smallest absolute Gasteiger partial charge is 0.248 e. The standard InChI is InChI=1S/C25H25BrN8O2/c1-32(2)14-6-7-16-15(10-14)22-23(27)28-12-29-24(22)33(16)11-21(35)34-17-8-13(17)9-18(34)25(36)31-20-5-3-4-19(26)30-20/h3-7,10,12-13,17-18H,8-9,11H2,1-2H3,(H2,27,28,29)(H,30,31,36)/t13-,17-,18+/m1/s1. The van der Waals surface area contributed by atoms with Crippen LogP contribution in [-0.4, -0.2) is 62.4 Å². The fourth-order valence-electron chi connectivity index (χ4n) is 5.32. The summed E-state index contributed by atoms with van der Waals surface area (Å²) >= 11 is 3.33. The minimum atomic E-state index is -0.532. The SMILES string of the molecule is CN(C)c1ccc2c(c1)c1c(N)ncnc1n2CC(=O)N1[C@@H]2C[C@@H]2C[C@H]1C(=O)Nc1cccc(Br)n1. The lowest BCUT2D eigenvalue weighted by Gasteiger charge is -2.27. The molecular weight excluding hydrogens is 524 g/mol. The van der Waals surface area contributed by atoms with Crippen molar-refractivity contribution in [2.45, 2.75) is 31.5 Å². The van der Waals surface area contributed by atoms with Crippen molar-refractivity contribution in [3.8, 4) is 0 Å². The van der Waals surface area contributed by atoms with Gasteiger partial charge in [0.2, 0.25) is 11.8 Å². The van der Waals surface area contributed by atoms with E-state index in [2.05, 4.69) is 36.2 Å². The van der Waals surface area contributed by atoms with Crippen LogP contribution in [0, 0.1) is 5.92 Å². The van der Waals surface area contributed by atoms with E-state index in [-0.39, 0.29) is 24.4 Å². The number of hydrogen-bond acceptors (Lipinski definition) is 7. The van der Waals surface area contributed by atoms with Crippen molar-refractivity contribution in [3.63, 3.8) is 0 Å². The van der Waals surface area contributed by atoms with Crippen LogP contribution >= 0.6 is 15.9 Å². The van der Waals surface area contributed by atoms with Gasteiger partial charge in [-0.15, -0.1) is 0 Å². The molecule has 0 spiro atoms. The number of amides is 2. The number of nitrogens with zero attached hydrogens (tertiary/aromatic N) is 6. The molecule has 36 heavy (non-hydrogen) atoms. The molecule has 4 aromatic rings. The zero-order valence-electron chi connectivity index (χ0n) is 19.8. The number of carbonyl (C=O) groups is 2. The van der Waals surface area contributed by atoms with E-state index < -0.39 is 6.04 Å². The Kier molecular flexibility index (Phi) is 5.32. The number of benzene rings is 1. The number of aromatic nitrogens is 4. The van der Waals surface area contributed by atoms with Crippen LogP contribution in [0.3, 0.4) is 0 Å². The van der Waals surface area contributed by atoms with E-state index in [1.54, 1.807) is 23.1 Å². The van der Waals surface area contributed by atoms with Crippen molar-refractivity contribution in [3.05, 3.63) is 47.3 Å². The molecular formula is C25H25BrN8O2.